The molecule has 3 rings (SSSR count). The summed E-state index contributed by atoms with van der Waals surface area (Å²) >= 11 is 0. The van der Waals surface area contributed by atoms with Crippen LogP contribution in [0.1, 0.15) is 30.0 Å². The van der Waals surface area contributed by atoms with Gasteiger partial charge in [-0.1, -0.05) is 48.5 Å². The van der Waals surface area contributed by atoms with Gasteiger partial charge in [-0.3, -0.25) is 0 Å². The second kappa shape index (κ2) is 6.77. The average molecular weight is 281 g/mol. The van der Waals surface area contributed by atoms with Gasteiger partial charge in [0.25, 0.3) is 0 Å². The molecule has 1 aliphatic carbocycles. The summed E-state index contributed by atoms with van der Waals surface area (Å²) in [5, 5.41) is 3.74. The number of methoxy groups -OCH3 is 1. The predicted octanol–water partition coefficient (Wildman–Crippen LogP) is 3.98. The minimum atomic E-state index is 0.501. The molecule has 2 heteroatoms. The van der Waals surface area contributed by atoms with Gasteiger partial charge >= 0.3 is 0 Å². The topological polar surface area (TPSA) is 21.3 Å². The first-order chi connectivity index (χ1) is 10.4. The minimum absolute atomic E-state index is 0.501. The van der Waals surface area contributed by atoms with E-state index in [0.29, 0.717) is 6.04 Å². The molecular weight excluding hydrogens is 258 g/mol. The van der Waals surface area contributed by atoms with Crippen LogP contribution in [-0.4, -0.2) is 13.7 Å². The lowest BCUT2D eigenvalue weighted by Crippen LogP contribution is -2.25. The quantitative estimate of drug-likeness (QED) is 0.829. The van der Waals surface area contributed by atoms with Crippen molar-refractivity contribution in [2.75, 3.05) is 13.7 Å². The van der Waals surface area contributed by atoms with E-state index in [4.69, 9.17) is 4.74 Å². The standard InChI is InChI=1S/C19H23NO/c1-21-18-10-6-5-7-15(18)13-14-20-19(17-11-12-17)16-8-3-2-4-9-16/h2-10,17,19-20H,11-14H2,1H3. The van der Waals surface area contributed by atoms with E-state index in [1.165, 1.54) is 24.0 Å². The molecule has 1 fully saturated rings. The van der Waals surface area contributed by atoms with Crippen LogP contribution in [0.3, 0.4) is 0 Å². The van der Waals surface area contributed by atoms with Crippen LogP contribution in [0.4, 0.5) is 0 Å². The highest BCUT2D eigenvalue weighted by Crippen LogP contribution is 2.40. The molecule has 0 bridgehead atoms. The molecule has 0 heterocycles. The number of rotatable bonds is 7. The van der Waals surface area contributed by atoms with Gasteiger partial charge in [-0.2, -0.15) is 0 Å². The fourth-order valence-corrected chi connectivity index (χ4v) is 2.92. The lowest BCUT2D eigenvalue weighted by atomic mass is 10.0. The summed E-state index contributed by atoms with van der Waals surface area (Å²) in [7, 11) is 1.74. The molecule has 0 amide bonds. The van der Waals surface area contributed by atoms with Crippen molar-refractivity contribution >= 4 is 0 Å². The van der Waals surface area contributed by atoms with E-state index in [-0.39, 0.29) is 0 Å². The summed E-state index contributed by atoms with van der Waals surface area (Å²) in [6, 6.07) is 19.6. The summed E-state index contributed by atoms with van der Waals surface area (Å²) in [4.78, 5) is 0. The third-order valence-corrected chi connectivity index (χ3v) is 4.20. The Bertz CT molecular complexity index is 563. The van der Waals surface area contributed by atoms with Crippen molar-refractivity contribution in [1.29, 1.82) is 0 Å². The second-order valence-corrected chi connectivity index (χ2v) is 5.74. The Morgan fingerprint density at radius 2 is 1.76 bits per heavy atom. The van der Waals surface area contributed by atoms with Gasteiger partial charge in [0, 0.05) is 6.04 Å². The highest BCUT2D eigenvalue weighted by molar-refractivity contribution is 5.33. The van der Waals surface area contributed by atoms with Gasteiger partial charge in [-0.05, 0) is 48.9 Å². The molecule has 0 aliphatic heterocycles. The molecule has 0 aromatic heterocycles. The van der Waals surface area contributed by atoms with Gasteiger partial charge in [-0.15, -0.1) is 0 Å². The maximum absolute atomic E-state index is 5.42. The molecule has 0 saturated heterocycles. The van der Waals surface area contributed by atoms with Crippen LogP contribution in [0, 0.1) is 5.92 Å². The van der Waals surface area contributed by atoms with Crippen molar-refractivity contribution in [3.63, 3.8) is 0 Å². The van der Waals surface area contributed by atoms with Crippen molar-refractivity contribution in [3.05, 3.63) is 65.7 Å². The van der Waals surface area contributed by atoms with Crippen LogP contribution in [0.15, 0.2) is 54.6 Å². The Labute approximate surface area is 127 Å². The first-order valence-electron chi connectivity index (χ1n) is 7.78. The molecule has 21 heavy (non-hydrogen) atoms. The molecular formula is C19H23NO. The zero-order valence-electron chi connectivity index (χ0n) is 12.6. The van der Waals surface area contributed by atoms with E-state index in [0.717, 1.165) is 24.6 Å². The molecule has 0 radical (unpaired) electrons. The molecule has 1 atom stereocenters. The molecule has 1 aliphatic rings. The van der Waals surface area contributed by atoms with E-state index in [1.807, 2.05) is 12.1 Å². The Hall–Kier alpha value is -1.80. The largest absolute Gasteiger partial charge is 0.496 e. The predicted molar refractivity (Wildman–Crippen MR) is 86.6 cm³/mol. The average Bonchev–Trinajstić information content (AvgIpc) is 3.37. The van der Waals surface area contributed by atoms with Gasteiger partial charge in [0.1, 0.15) is 5.75 Å². The molecule has 1 N–H and O–H groups in total. The molecule has 2 aromatic rings. The summed E-state index contributed by atoms with van der Waals surface area (Å²) in [6.07, 6.45) is 3.70. The van der Waals surface area contributed by atoms with Crippen LogP contribution in [0.5, 0.6) is 5.75 Å². The molecule has 1 unspecified atom stereocenters. The first-order valence-corrected chi connectivity index (χ1v) is 7.78. The Morgan fingerprint density at radius 3 is 2.48 bits per heavy atom. The van der Waals surface area contributed by atoms with Crippen molar-refractivity contribution in [2.45, 2.75) is 25.3 Å². The number of hydrogen-bond donors (Lipinski definition) is 1. The molecule has 2 nitrogen and oxygen atoms in total. The highest BCUT2D eigenvalue weighted by Gasteiger charge is 2.31. The van der Waals surface area contributed by atoms with E-state index in [1.54, 1.807) is 7.11 Å². The van der Waals surface area contributed by atoms with E-state index in [9.17, 15) is 0 Å². The molecule has 0 spiro atoms. The first kappa shape index (κ1) is 14.2. The van der Waals surface area contributed by atoms with E-state index in [2.05, 4.69) is 47.8 Å². The highest BCUT2D eigenvalue weighted by atomic mass is 16.5. The maximum atomic E-state index is 5.42. The number of para-hydroxylation sites is 1. The van der Waals surface area contributed by atoms with E-state index >= 15 is 0 Å². The molecule has 2 aromatic carbocycles. The summed E-state index contributed by atoms with van der Waals surface area (Å²) in [5.41, 5.74) is 2.69. The normalized spacial score (nSPS) is 15.7. The fourth-order valence-electron chi connectivity index (χ4n) is 2.92. The van der Waals surface area contributed by atoms with E-state index < -0.39 is 0 Å². The molecule has 1 saturated carbocycles. The van der Waals surface area contributed by atoms with Crippen LogP contribution in [-0.2, 0) is 6.42 Å². The Balaban J connectivity index is 1.60. The molecule has 110 valence electrons. The Kier molecular flexibility index (Phi) is 4.56. The van der Waals surface area contributed by atoms with Gasteiger partial charge in [0.05, 0.1) is 7.11 Å². The van der Waals surface area contributed by atoms with Crippen LogP contribution in [0.25, 0.3) is 0 Å². The van der Waals surface area contributed by atoms with Crippen LogP contribution < -0.4 is 10.1 Å². The van der Waals surface area contributed by atoms with Crippen molar-refractivity contribution in [2.24, 2.45) is 5.92 Å². The lowest BCUT2D eigenvalue weighted by Gasteiger charge is -2.19. The van der Waals surface area contributed by atoms with Crippen molar-refractivity contribution in [3.8, 4) is 5.75 Å². The fraction of sp³-hybridized carbons (Fsp3) is 0.368. The smallest absolute Gasteiger partial charge is 0.122 e. The number of ether oxygens (including phenoxy) is 1. The van der Waals surface area contributed by atoms with Crippen molar-refractivity contribution in [1.82, 2.24) is 5.32 Å². The van der Waals surface area contributed by atoms with Crippen LogP contribution >= 0.6 is 0 Å². The second-order valence-electron chi connectivity index (χ2n) is 5.74. The lowest BCUT2D eigenvalue weighted by molar-refractivity contribution is 0.407. The van der Waals surface area contributed by atoms with Gasteiger partial charge < -0.3 is 10.1 Å². The van der Waals surface area contributed by atoms with Gasteiger partial charge in [0.15, 0.2) is 0 Å². The van der Waals surface area contributed by atoms with Crippen molar-refractivity contribution < 1.29 is 4.74 Å². The summed E-state index contributed by atoms with van der Waals surface area (Å²) in [6.45, 7) is 0.983. The van der Waals surface area contributed by atoms with Gasteiger partial charge in [0.2, 0.25) is 0 Å². The number of nitrogens with one attached hydrogen (secondary N) is 1. The van der Waals surface area contributed by atoms with Crippen LogP contribution in [0.2, 0.25) is 0 Å². The third-order valence-electron chi connectivity index (χ3n) is 4.20. The Morgan fingerprint density at radius 1 is 1.05 bits per heavy atom. The summed E-state index contributed by atoms with van der Waals surface area (Å²) in [5.74, 6) is 1.80. The monoisotopic (exact) mass is 281 g/mol. The van der Waals surface area contributed by atoms with Gasteiger partial charge in [-0.25, -0.2) is 0 Å². The number of hydrogen-bond acceptors (Lipinski definition) is 2. The SMILES string of the molecule is COc1ccccc1CCNC(c1ccccc1)C1CC1. The minimum Gasteiger partial charge on any atom is -0.496 e. The maximum Gasteiger partial charge on any atom is 0.122 e. The zero-order valence-corrected chi connectivity index (χ0v) is 12.6. The number of benzene rings is 2. The summed E-state index contributed by atoms with van der Waals surface area (Å²) < 4.78 is 5.42. The zero-order chi connectivity index (χ0) is 14.5. The third kappa shape index (κ3) is 3.64.